The molecule has 1 atom stereocenters. The molecule has 0 saturated carbocycles. The maximum atomic E-state index is 12.6. The van der Waals surface area contributed by atoms with Gasteiger partial charge in [0.15, 0.2) is 0 Å². The second kappa shape index (κ2) is 6.48. The van der Waals surface area contributed by atoms with Crippen molar-refractivity contribution in [3.8, 4) is 0 Å². The highest BCUT2D eigenvalue weighted by Crippen LogP contribution is 2.33. The number of amides is 1. The first-order chi connectivity index (χ1) is 11.8. The number of rotatable bonds is 3. The van der Waals surface area contributed by atoms with Crippen LogP contribution >= 0.6 is 0 Å². The maximum Gasteiger partial charge on any atom is 0.223 e. The Bertz CT molecular complexity index is 851. The molecule has 0 unspecified atom stereocenters. The summed E-state index contributed by atoms with van der Waals surface area (Å²) in [6.45, 7) is 1.56. The van der Waals surface area contributed by atoms with Crippen LogP contribution in [-0.4, -0.2) is 17.4 Å². The van der Waals surface area contributed by atoms with Crippen molar-refractivity contribution in [1.29, 1.82) is 0 Å². The van der Waals surface area contributed by atoms with Crippen molar-refractivity contribution >= 4 is 16.7 Å². The fraction of sp³-hybridized carbons (Fsp3) is 0.227. The van der Waals surface area contributed by atoms with Gasteiger partial charge in [-0.15, -0.1) is 0 Å². The molecule has 1 aliphatic heterocycles. The van der Waals surface area contributed by atoms with E-state index in [0.29, 0.717) is 12.3 Å². The smallest absolute Gasteiger partial charge is 0.223 e. The standard InChI is InChI=1S/C22H21NO/c24-22-15-19(13-14-23(22)16-17-7-2-1-3-8-17)21-12-6-10-18-9-4-5-11-20(18)21/h1-12,19H,13-16H2/t19-/m1/s1. The monoisotopic (exact) mass is 315 g/mol. The van der Waals surface area contributed by atoms with Gasteiger partial charge < -0.3 is 4.90 Å². The van der Waals surface area contributed by atoms with Gasteiger partial charge in [-0.1, -0.05) is 72.8 Å². The predicted octanol–water partition coefficient (Wildman–Crippen LogP) is 4.75. The molecule has 24 heavy (non-hydrogen) atoms. The molecule has 3 aromatic rings. The number of nitrogens with zero attached hydrogens (tertiary/aromatic N) is 1. The van der Waals surface area contributed by atoms with E-state index in [1.807, 2.05) is 23.1 Å². The summed E-state index contributed by atoms with van der Waals surface area (Å²) in [5.74, 6) is 0.596. The van der Waals surface area contributed by atoms with E-state index in [1.54, 1.807) is 0 Å². The average Bonchev–Trinajstić information content (AvgIpc) is 2.64. The van der Waals surface area contributed by atoms with E-state index >= 15 is 0 Å². The molecule has 120 valence electrons. The summed E-state index contributed by atoms with van der Waals surface area (Å²) < 4.78 is 0. The summed E-state index contributed by atoms with van der Waals surface area (Å²) in [6.07, 6.45) is 1.65. The summed E-state index contributed by atoms with van der Waals surface area (Å²) in [5, 5.41) is 2.54. The van der Waals surface area contributed by atoms with Crippen molar-refractivity contribution in [3.05, 3.63) is 83.9 Å². The number of fused-ring (bicyclic) bond motifs is 1. The fourth-order valence-electron chi connectivity index (χ4n) is 3.72. The molecule has 1 saturated heterocycles. The van der Waals surface area contributed by atoms with Crippen LogP contribution in [0.2, 0.25) is 0 Å². The first kappa shape index (κ1) is 14.9. The van der Waals surface area contributed by atoms with E-state index in [1.165, 1.54) is 21.9 Å². The van der Waals surface area contributed by atoms with Crippen molar-refractivity contribution in [2.24, 2.45) is 0 Å². The van der Waals surface area contributed by atoms with E-state index < -0.39 is 0 Å². The van der Waals surface area contributed by atoms with Crippen LogP contribution in [0.4, 0.5) is 0 Å². The zero-order chi connectivity index (χ0) is 16.4. The van der Waals surface area contributed by atoms with Crippen molar-refractivity contribution < 1.29 is 4.79 Å². The third-order valence-electron chi connectivity index (χ3n) is 5.00. The van der Waals surface area contributed by atoms with Gasteiger partial charge in [0.05, 0.1) is 0 Å². The van der Waals surface area contributed by atoms with Crippen molar-refractivity contribution in [2.75, 3.05) is 6.54 Å². The van der Waals surface area contributed by atoms with Gasteiger partial charge in [-0.05, 0) is 34.2 Å². The molecule has 0 aliphatic carbocycles. The van der Waals surface area contributed by atoms with E-state index in [-0.39, 0.29) is 5.91 Å². The SMILES string of the molecule is O=C1C[C@H](c2cccc3ccccc23)CCN1Cc1ccccc1. The molecule has 2 nitrogen and oxygen atoms in total. The van der Waals surface area contributed by atoms with E-state index in [9.17, 15) is 4.79 Å². The highest BCUT2D eigenvalue weighted by Gasteiger charge is 2.27. The van der Waals surface area contributed by atoms with E-state index in [4.69, 9.17) is 0 Å². The molecule has 0 radical (unpaired) electrons. The molecule has 3 aromatic carbocycles. The Labute approximate surface area is 142 Å². The molecule has 0 aromatic heterocycles. The first-order valence-corrected chi connectivity index (χ1v) is 8.60. The van der Waals surface area contributed by atoms with Gasteiger partial charge in [0.25, 0.3) is 0 Å². The zero-order valence-corrected chi connectivity index (χ0v) is 13.7. The Morgan fingerprint density at radius 3 is 2.46 bits per heavy atom. The minimum Gasteiger partial charge on any atom is -0.338 e. The van der Waals surface area contributed by atoms with Crippen LogP contribution in [0, 0.1) is 0 Å². The molecule has 1 amide bonds. The van der Waals surface area contributed by atoms with Crippen LogP contribution in [0.3, 0.4) is 0 Å². The average molecular weight is 315 g/mol. The molecular weight excluding hydrogens is 294 g/mol. The zero-order valence-electron chi connectivity index (χ0n) is 13.7. The summed E-state index contributed by atoms with van der Waals surface area (Å²) in [6, 6.07) is 25.2. The van der Waals surface area contributed by atoms with Crippen molar-refractivity contribution in [1.82, 2.24) is 4.90 Å². The lowest BCUT2D eigenvalue weighted by Gasteiger charge is -2.32. The van der Waals surface area contributed by atoms with Crippen LogP contribution in [-0.2, 0) is 11.3 Å². The van der Waals surface area contributed by atoms with E-state index in [0.717, 1.165) is 19.5 Å². The number of hydrogen-bond acceptors (Lipinski definition) is 1. The van der Waals surface area contributed by atoms with Crippen molar-refractivity contribution in [2.45, 2.75) is 25.3 Å². The second-order valence-corrected chi connectivity index (χ2v) is 6.56. The molecule has 1 heterocycles. The lowest BCUT2D eigenvalue weighted by Crippen LogP contribution is -2.37. The minimum absolute atomic E-state index is 0.267. The number of hydrogen-bond donors (Lipinski definition) is 0. The lowest BCUT2D eigenvalue weighted by atomic mass is 9.86. The Hall–Kier alpha value is -2.61. The summed E-state index contributed by atoms with van der Waals surface area (Å²) in [4.78, 5) is 14.6. The maximum absolute atomic E-state index is 12.6. The molecule has 4 rings (SSSR count). The molecule has 0 spiro atoms. The molecule has 2 heteroatoms. The number of likely N-dealkylation sites (tertiary alicyclic amines) is 1. The van der Waals surface area contributed by atoms with Gasteiger partial charge >= 0.3 is 0 Å². The first-order valence-electron chi connectivity index (χ1n) is 8.60. The summed E-state index contributed by atoms with van der Waals surface area (Å²) in [7, 11) is 0. The second-order valence-electron chi connectivity index (χ2n) is 6.56. The summed E-state index contributed by atoms with van der Waals surface area (Å²) >= 11 is 0. The highest BCUT2D eigenvalue weighted by atomic mass is 16.2. The Morgan fingerprint density at radius 1 is 0.875 bits per heavy atom. The summed E-state index contributed by atoms with van der Waals surface area (Å²) in [5.41, 5.74) is 2.52. The minimum atomic E-state index is 0.267. The fourth-order valence-corrected chi connectivity index (χ4v) is 3.72. The predicted molar refractivity (Wildman–Crippen MR) is 97.8 cm³/mol. The van der Waals surface area contributed by atoms with E-state index in [2.05, 4.69) is 54.6 Å². The molecule has 0 N–H and O–H groups in total. The normalized spacial score (nSPS) is 18.1. The topological polar surface area (TPSA) is 20.3 Å². The largest absolute Gasteiger partial charge is 0.338 e. The van der Waals surface area contributed by atoms with Crippen LogP contribution in [0.15, 0.2) is 72.8 Å². The molecular formula is C22H21NO. The Balaban J connectivity index is 1.53. The van der Waals surface area contributed by atoms with Gasteiger partial charge in [-0.3, -0.25) is 4.79 Å². The third kappa shape index (κ3) is 2.92. The van der Waals surface area contributed by atoms with Crippen molar-refractivity contribution in [3.63, 3.8) is 0 Å². The number of benzene rings is 3. The van der Waals surface area contributed by atoms with Gasteiger partial charge in [0, 0.05) is 19.5 Å². The quantitative estimate of drug-likeness (QED) is 0.683. The molecule has 0 bridgehead atoms. The Morgan fingerprint density at radius 2 is 1.62 bits per heavy atom. The van der Waals surface area contributed by atoms with Crippen LogP contribution < -0.4 is 0 Å². The van der Waals surface area contributed by atoms with Crippen LogP contribution in [0.25, 0.3) is 10.8 Å². The number of carbonyl (C=O) groups is 1. The van der Waals surface area contributed by atoms with Gasteiger partial charge in [-0.25, -0.2) is 0 Å². The highest BCUT2D eigenvalue weighted by molar-refractivity contribution is 5.87. The number of piperidine rings is 1. The van der Waals surface area contributed by atoms with Gasteiger partial charge in [0.2, 0.25) is 5.91 Å². The lowest BCUT2D eigenvalue weighted by molar-refractivity contribution is -0.134. The molecule has 1 fully saturated rings. The van der Waals surface area contributed by atoms with Crippen LogP contribution in [0.5, 0.6) is 0 Å². The van der Waals surface area contributed by atoms with Crippen LogP contribution in [0.1, 0.15) is 29.9 Å². The molecule has 1 aliphatic rings. The van der Waals surface area contributed by atoms with Gasteiger partial charge in [-0.2, -0.15) is 0 Å². The third-order valence-corrected chi connectivity index (χ3v) is 5.00. The van der Waals surface area contributed by atoms with Gasteiger partial charge in [0.1, 0.15) is 0 Å². The Kier molecular flexibility index (Phi) is 4.04. The number of carbonyl (C=O) groups excluding carboxylic acids is 1.